The smallest absolute Gasteiger partial charge is 0.252 e. The molecule has 2 aromatic carbocycles. The molecule has 5 nitrogen and oxygen atoms in total. The number of piperidine rings is 2. The van der Waals surface area contributed by atoms with Crippen molar-refractivity contribution in [2.45, 2.75) is 70.7 Å². The van der Waals surface area contributed by atoms with Crippen LogP contribution in [0, 0.1) is 5.92 Å². The lowest BCUT2D eigenvalue weighted by molar-refractivity contribution is 0.0541. The van der Waals surface area contributed by atoms with Gasteiger partial charge in [0.25, 0.3) is 5.91 Å². The summed E-state index contributed by atoms with van der Waals surface area (Å²) < 4.78 is 6.08. The Morgan fingerprint density at radius 3 is 2.79 bits per heavy atom. The fourth-order valence-corrected chi connectivity index (χ4v) is 6.06. The van der Waals surface area contributed by atoms with E-state index < -0.39 is 0 Å². The van der Waals surface area contributed by atoms with Crippen molar-refractivity contribution in [2.24, 2.45) is 5.92 Å². The highest BCUT2D eigenvalue weighted by Gasteiger charge is 2.41. The average molecular weight is 448 g/mol. The third kappa shape index (κ3) is 4.67. The van der Waals surface area contributed by atoms with Crippen LogP contribution in [0.15, 0.2) is 42.5 Å². The molecule has 33 heavy (non-hydrogen) atoms. The predicted molar refractivity (Wildman–Crippen MR) is 132 cm³/mol. The van der Waals surface area contributed by atoms with Gasteiger partial charge in [-0.2, -0.15) is 0 Å². The zero-order valence-electron chi connectivity index (χ0n) is 20.1. The maximum absolute atomic E-state index is 13.7. The standard InChI is InChI=1S/C28H37N3O2/c1-18(2)33-23-14-21-11-13-31-17-22-10-7-12-29-25(22)16-26(31)27(21)24(15-23)28(32)30-19(3)20-8-5-4-6-9-20/h4-6,8-9,14-15,18-19,22,25-26,29H,7,10-13,16-17H2,1-3H3,(H,30,32)/t19-,22-,25+,26-/m1/s1. The summed E-state index contributed by atoms with van der Waals surface area (Å²) in [6.45, 7) is 9.44. The molecular formula is C28H37N3O2. The van der Waals surface area contributed by atoms with Gasteiger partial charge >= 0.3 is 0 Å². The minimum absolute atomic E-state index is 0.00242. The molecule has 176 valence electrons. The highest BCUT2D eigenvalue weighted by atomic mass is 16.5. The van der Waals surface area contributed by atoms with Crippen molar-refractivity contribution in [3.63, 3.8) is 0 Å². The molecule has 3 aliphatic rings. The van der Waals surface area contributed by atoms with Gasteiger partial charge in [0.15, 0.2) is 0 Å². The van der Waals surface area contributed by atoms with E-state index in [4.69, 9.17) is 4.74 Å². The number of ether oxygens (including phenoxy) is 1. The van der Waals surface area contributed by atoms with Crippen molar-refractivity contribution in [3.05, 3.63) is 64.7 Å². The number of fused-ring (bicyclic) bond motifs is 4. The second-order valence-corrected chi connectivity index (χ2v) is 10.3. The van der Waals surface area contributed by atoms with E-state index in [1.54, 1.807) is 0 Å². The van der Waals surface area contributed by atoms with Crippen molar-refractivity contribution < 1.29 is 9.53 Å². The first-order valence-electron chi connectivity index (χ1n) is 12.7. The number of nitrogens with zero attached hydrogens (tertiary/aromatic N) is 1. The van der Waals surface area contributed by atoms with Crippen LogP contribution in [0.2, 0.25) is 0 Å². The molecule has 2 aromatic rings. The Kier molecular flexibility index (Phi) is 6.44. The molecule has 0 radical (unpaired) electrons. The van der Waals surface area contributed by atoms with E-state index in [9.17, 15) is 4.79 Å². The highest BCUT2D eigenvalue weighted by Crippen LogP contribution is 2.43. The lowest BCUT2D eigenvalue weighted by atomic mass is 9.76. The van der Waals surface area contributed by atoms with E-state index in [0.29, 0.717) is 12.1 Å². The third-order valence-electron chi connectivity index (χ3n) is 7.62. The van der Waals surface area contributed by atoms with Crippen LogP contribution >= 0.6 is 0 Å². The summed E-state index contributed by atoms with van der Waals surface area (Å²) in [6, 6.07) is 15.1. The van der Waals surface area contributed by atoms with Crippen molar-refractivity contribution in [2.75, 3.05) is 19.6 Å². The van der Waals surface area contributed by atoms with Crippen LogP contribution in [0.3, 0.4) is 0 Å². The van der Waals surface area contributed by atoms with E-state index in [1.807, 2.05) is 38.1 Å². The molecule has 0 aliphatic carbocycles. The average Bonchev–Trinajstić information content (AvgIpc) is 2.82. The molecule has 0 bridgehead atoms. The predicted octanol–water partition coefficient (Wildman–Crippen LogP) is 4.64. The SMILES string of the molecule is CC(C)Oc1cc2c(c(C(=O)N[C@H](C)c3ccccc3)c1)[C@H]1C[C@@H]3NCCC[C@@H]3CN1CC2. The van der Waals surface area contributed by atoms with Gasteiger partial charge in [-0.25, -0.2) is 0 Å². The van der Waals surface area contributed by atoms with Crippen LogP contribution < -0.4 is 15.4 Å². The Balaban J connectivity index is 1.49. The third-order valence-corrected chi connectivity index (χ3v) is 7.62. The zero-order valence-corrected chi connectivity index (χ0v) is 20.1. The summed E-state index contributed by atoms with van der Waals surface area (Å²) in [6.07, 6.45) is 4.72. The van der Waals surface area contributed by atoms with E-state index in [0.717, 1.165) is 55.3 Å². The summed E-state index contributed by atoms with van der Waals surface area (Å²) >= 11 is 0. The topological polar surface area (TPSA) is 53.6 Å². The quantitative estimate of drug-likeness (QED) is 0.701. The van der Waals surface area contributed by atoms with Gasteiger partial charge in [0.1, 0.15) is 5.75 Å². The molecule has 2 N–H and O–H groups in total. The lowest BCUT2D eigenvalue weighted by Crippen LogP contribution is -2.55. The first-order valence-corrected chi connectivity index (χ1v) is 12.7. The van der Waals surface area contributed by atoms with Crippen molar-refractivity contribution >= 4 is 5.91 Å². The Hall–Kier alpha value is -2.37. The molecule has 0 spiro atoms. The minimum atomic E-state index is -0.0561. The van der Waals surface area contributed by atoms with Crippen LogP contribution in [0.25, 0.3) is 0 Å². The van der Waals surface area contributed by atoms with Crippen molar-refractivity contribution in [3.8, 4) is 5.75 Å². The largest absolute Gasteiger partial charge is 0.491 e. The maximum atomic E-state index is 13.7. The molecule has 5 heteroatoms. The second kappa shape index (κ2) is 9.47. The Labute approximate surface area is 197 Å². The van der Waals surface area contributed by atoms with E-state index >= 15 is 0 Å². The Morgan fingerprint density at radius 2 is 2.00 bits per heavy atom. The number of rotatable bonds is 5. The maximum Gasteiger partial charge on any atom is 0.252 e. The van der Waals surface area contributed by atoms with Gasteiger partial charge in [0.2, 0.25) is 0 Å². The summed E-state index contributed by atoms with van der Waals surface area (Å²) in [5.74, 6) is 1.53. The van der Waals surface area contributed by atoms with E-state index in [2.05, 4.69) is 40.7 Å². The Morgan fingerprint density at radius 1 is 1.18 bits per heavy atom. The lowest BCUT2D eigenvalue weighted by Gasteiger charge is -2.49. The number of hydrogen-bond donors (Lipinski definition) is 2. The zero-order chi connectivity index (χ0) is 22.9. The molecule has 0 unspecified atom stereocenters. The Bertz CT molecular complexity index is 990. The molecular weight excluding hydrogens is 410 g/mol. The van der Waals surface area contributed by atoms with E-state index in [-0.39, 0.29) is 18.1 Å². The van der Waals surface area contributed by atoms with Crippen LogP contribution in [-0.2, 0) is 6.42 Å². The molecule has 1 amide bonds. The summed E-state index contributed by atoms with van der Waals surface area (Å²) in [4.78, 5) is 16.3. The van der Waals surface area contributed by atoms with Crippen molar-refractivity contribution in [1.82, 2.24) is 15.5 Å². The molecule has 2 saturated heterocycles. The number of benzene rings is 2. The molecule has 0 aromatic heterocycles. The number of hydrogen-bond acceptors (Lipinski definition) is 4. The molecule has 0 saturated carbocycles. The van der Waals surface area contributed by atoms with Crippen LogP contribution in [0.5, 0.6) is 5.75 Å². The second-order valence-electron chi connectivity index (χ2n) is 10.3. The highest BCUT2D eigenvalue weighted by molar-refractivity contribution is 5.97. The molecule has 3 aliphatic heterocycles. The molecule has 3 heterocycles. The number of amides is 1. The van der Waals surface area contributed by atoms with Gasteiger partial charge in [-0.15, -0.1) is 0 Å². The molecule has 4 atom stereocenters. The first-order chi connectivity index (χ1) is 16.0. The number of carbonyl (C=O) groups is 1. The van der Waals surface area contributed by atoms with Gasteiger partial charge in [0.05, 0.1) is 12.1 Å². The number of carbonyl (C=O) groups excluding carboxylic acids is 1. The minimum Gasteiger partial charge on any atom is -0.491 e. The van der Waals surface area contributed by atoms with Gasteiger partial charge in [-0.05, 0) is 87.7 Å². The molecule has 5 rings (SSSR count). The first kappa shape index (κ1) is 22.4. The fraction of sp³-hybridized carbons (Fsp3) is 0.536. The number of nitrogens with one attached hydrogen (secondary N) is 2. The van der Waals surface area contributed by atoms with Crippen molar-refractivity contribution in [1.29, 1.82) is 0 Å². The van der Waals surface area contributed by atoms with Gasteiger partial charge in [-0.1, -0.05) is 30.3 Å². The summed E-state index contributed by atoms with van der Waals surface area (Å²) in [5, 5.41) is 7.04. The van der Waals surface area contributed by atoms with Gasteiger partial charge in [0, 0.05) is 30.7 Å². The molecule has 2 fully saturated rings. The van der Waals surface area contributed by atoms with Gasteiger partial charge in [-0.3, -0.25) is 9.69 Å². The van der Waals surface area contributed by atoms with Gasteiger partial charge < -0.3 is 15.4 Å². The van der Waals surface area contributed by atoms with Crippen LogP contribution in [0.4, 0.5) is 0 Å². The summed E-state index contributed by atoms with van der Waals surface area (Å²) in [7, 11) is 0. The monoisotopic (exact) mass is 447 g/mol. The summed E-state index contributed by atoms with van der Waals surface area (Å²) in [5.41, 5.74) is 4.40. The van der Waals surface area contributed by atoms with Crippen LogP contribution in [0.1, 0.15) is 79.2 Å². The van der Waals surface area contributed by atoms with Crippen LogP contribution in [-0.4, -0.2) is 42.6 Å². The fourth-order valence-electron chi connectivity index (χ4n) is 6.06. The normalized spacial score (nSPS) is 25.5. The van der Waals surface area contributed by atoms with E-state index in [1.165, 1.54) is 24.0 Å².